The molecule has 0 aromatic heterocycles. The highest BCUT2D eigenvalue weighted by molar-refractivity contribution is 5.79. The van der Waals surface area contributed by atoms with Gasteiger partial charge in [-0.2, -0.15) is 0 Å². The van der Waals surface area contributed by atoms with E-state index in [-0.39, 0.29) is 0 Å². The van der Waals surface area contributed by atoms with Crippen LogP contribution >= 0.6 is 0 Å². The first-order valence-electron chi connectivity index (χ1n) is 4.69. The minimum Gasteiger partial charge on any atom is -0.353 e. The zero-order valence-corrected chi connectivity index (χ0v) is 7.21. The Labute approximate surface area is 72.6 Å². The molecule has 12 heavy (non-hydrogen) atoms. The Morgan fingerprint density at radius 1 is 1.25 bits per heavy atom. The highest BCUT2D eigenvalue weighted by Crippen LogP contribution is 2.23. The van der Waals surface area contributed by atoms with Crippen molar-refractivity contribution >= 4 is 5.96 Å². The van der Waals surface area contributed by atoms with Crippen LogP contribution < -0.4 is 16.6 Å². The molecule has 0 spiro atoms. The lowest BCUT2D eigenvalue weighted by Gasteiger charge is -2.27. The van der Waals surface area contributed by atoms with Gasteiger partial charge in [0.1, 0.15) is 0 Å². The van der Waals surface area contributed by atoms with E-state index in [1.807, 2.05) is 0 Å². The first-order valence-corrected chi connectivity index (χ1v) is 4.69. The average Bonchev–Trinajstić information content (AvgIpc) is 2.77. The molecule has 2 aliphatic carbocycles. The van der Waals surface area contributed by atoms with E-state index in [1.165, 1.54) is 32.1 Å². The van der Waals surface area contributed by atoms with Crippen LogP contribution in [0.2, 0.25) is 0 Å². The van der Waals surface area contributed by atoms with Gasteiger partial charge in [-0.3, -0.25) is 5.43 Å². The number of hydrogen-bond acceptors (Lipinski definition) is 2. The van der Waals surface area contributed by atoms with E-state index in [4.69, 9.17) is 5.84 Å². The molecule has 2 fully saturated rings. The molecule has 0 aromatic carbocycles. The molecule has 0 heterocycles. The number of nitrogens with zero attached hydrogens (tertiary/aromatic N) is 1. The average molecular weight is 168 g/mol. The monoisotopic (exact) mass is 168 g/mol. The molecule has 0 radical (unpaired) electrons. The molecular formula is C8H16N4. The van der Waals surface area contributed by atoms with Crippen LogP contribution in [0.15, 0.2) is 4.99 Å². The van der Waals surface area contributed by atoms with Crippen molar-refractivity contribution in [3.8, 4) is 0 Å². The second kappa shape index (κ2) is 3.31. The molecule has 2 rings (SSSR count). The molecule has 68 valence electrons. The lowest BCUT2D eigenvalue weighted by molar-refractivity contribution is 0.379. The second-order valence-corrected chi connectivity index (χ2v) is 3.63. The van der Waals surface area contributed by atoms with Crippen molar-refractivity contribution < 1.29 is 0 Å². The van der Waals surface area contributed by atoms with Gasteiger partial charge in [0.15, 0.2) is 0 Å². The minimum atomic E-state index is 0.531. The van der Waals surface area contributed by atoms with Gasteiger partial charge in [0.25, 0.3) is 0 Å². The van der Waals surface area contributed by atoms with Crippen LogP contribution in [0.3, 0.4) is 0 Å². The van der Waals surface area contributed by atoms with E-state index in [2.05, 4.69) is 15.7 Å². The van der Waals surface area contributed by atoms with Crippen LogP contribution in [-0.4, -0.2) is 18.0 Å². The Kier molecular flexibility index (Phi) is 2.17. The largest absolute Gasteiger partial charge is 0.353 e. The summed E-state index contributed by atoms with van der Waals surface area (Å²) in [6.45, 7) is 0. The summed E-state index contributed by atoms with van der Waals surface area (Å²) >= 11 is 0. The normalized spacial score (nSPS) is 24.9. The van der Waals surface area contributed by atoms with Crippen molar-refractivity contribution in [2.45, 2.75) is 44.2 Å². The van der Waals surface area contributed by atoms with Gasteiger partial charge in [-0.15, -0.1) is 0 Å². The molecule has 4 N–H and O–H groups in total. The highest BCUT2D eigenvalue weighted by Gasteiger charge is 2.23. The molecule has 0 unspecified atom stereocenters. The van der Waals surface area contributed by atoms with Crippen molar-refractivity contribution in [2.24, 2.45) is 10.8 Å². The van der Waals surface area contributed by atoms with E-state index in [0.717, 1.165) is 5.96 Å². The Morgan fingerprint density at radius 3 is 2.42 bits per heavy atom. The number of hydrogen-bond donors (Lipinski definition) is 3. The van der Waals surface area contributed by atoms with Crippen molar-refractivity contribution in [1.29, 1.82) is 0 Å². The number of guanidine groups is 1. The highest BCUT2D eigenvalue weighted by atomic mass is 15.3. The smallest absolute Gasteiger partial charge is 0.206 e. The van der Waals surface area contributed by atoms with E-state index in [1.54, 1.807) is 0 Å². The maximum Gasteiger partial charge on any atom is 0.206 e. The van der Waals surface area contributed by atoms with Crippen LogP contribution in [0.4, 0.5) is 0 Å². The summed E-state index contributed by atoms with van der Waals surface area (Å²) in [6.07, 6.45) is 6.28. The maximum atomic E-state index is 5.33. The third-order valence-corrected chi connectivity index (χ3v) is 2.44. The summed E-state index contributed by atoms with van der Waals surface area (Å²) in [5, 5.41) is 3.29. The van der Waals surface area contributed by atoms with Crippen molar-refractivity contribution in [3.63, 3.8) is 0 Å². The topological polar surface area (TPSA) is 62.4 Å². The zero-order valence-electron chi connectivity index (χ0n) is 7.21. The maximum absolute atomic E-state index is 5.33. The standard InChI is InChI=1S/C8H16N4/c9-12-8(11-7-4-5-7)10-6-2-1-3-6/h6-7H,1-5,9H2,(H2,10,11,12). The summed E-state index contributed by atoms with van der Waals surface area (Å²) in [5.41, 5.74) is 2.61. The molecule has 0 atom stereocenters. The van der Waals surface area contributed by atoms with Gasteiger partial charge in [0, 0.05) is 6.04 Å². The van der Waals surface area contributed by atoms with E-state index in [0.29, 0.717) is 12.1 Å². The van der Waals surface area contributed by atoms with Gasteiger partial charge in [-0.1, -0.05) is 0 Å². The fraction of sp³-hybridized carbons (Fsp3) is 0.875. The summed E-state index contributed by atoms with van der Waals surface area (Å²) in [6, 6.07) is 1.14. The van der Waals surface area contributed by atoms with Crippen molar-refractivity contribution in [1.82, 2.24) is 10.7 Å². The molecule has 2 aliphatic rings. The number of rotatable bonds is 2. The number of aliphatic imine (C=N–C) groups is 1. The molecule has 0 bridgehead atoms. The predicted octanol–water partition coefficient (Wildman–Crippen LogP) is 0.110. The zero-order chi connectivity index (χ0) is 8.39. The van der Waals surface area contributed by atoms with Gasteiger partial charge >= 0.3 is 0 Å². The van der Waals surface area contributed by atoms with Crippen molar-refractivity contribution in [3.05, 3.63) is 0 Å². The SMILES string of the molecule is NNC(=NC1CC1)NC1CCC1. The molecule has 2 saturated carbocycles. The molecular weight excluding hydrogens is 152 g/mol. The lowest BCUT2D eigenvalue weighted by atomic mass is 9.93. The van der Waals surface area contributed by atoms with E-state index >= 15 is 0 Å². The van der Waals surface area contributed by atoms with Gasteiger partial charge in [-0.25, -0.2) is 10.8 Å². The Morgan fingerprint density at radius 2 is 2.00 bits per heavy atom. The summed E-state index contributed by atoms with van der Waals surface area (Å²) in [7, 11) is 0. The van der Waals surface area contributed by atoms with E-state index < -0.39 is 0 Å². The van der Waals surface area contributed by atoms with Crippen LogP contribution in [0.1, 0.15) is 32.1 Å². The quantitative estimate of drug-likeness (QED) is 0.237. The molecule has 0 aromatic rings. The summed E-state index contributed by atoms with van der Waals surface area (Å²) in [5.74, 6) is 6.11. The van der Waals surface area contributed by atoms with Crippen LogP contribution in [-0.2, 0) is 0 Å². The Hall–Kier alpha value is -0.770. The first-order chi connectivity index (χ1) is 5.88. The van der Waals surface area contributed by atoms with Gasteiger partial charge < -0.3 is 5.32 Å². The molecule has 0 aliphatic heterocycles. The Bertz CT molecular complexity index is 181. The molecule has 0 saturated heterocycles. The lowest BCUT2D eigenvalue weighted by Crippen LogP contribution is -2.48. The van der Waals surface area contributed by atoms with Gasteiger partial charge in [-0.05, 0) is 32.1 Å². The predicted molar refractivity (Wildman–Crippen MR) is 48.6 cm³/mol. The fourth-order valence-electron chi connectivity index (χ4n) is 1.25. The third-order valence-electron chi connectivity index (χ3n) is 2.44. The summed E-state index contributed by atoms with van der Waals surface area (Å²) in [4.78, 5) is 4.40. The van der Waals surface area contributed by atoms with Crippen LogP contribution in [0, 0.1) is 0 Å². The summed E-state index contributed by atoms with van der Waals surface area (Å²) < 4.78 is 0. The third kappa shape index (κ3) is 1.88. The van der Waals surface area contributed by atoms with Crippen molar-refractivity contribution in [2.75, 3.05) is 0 Å². The molecule has 4 nitrogen and oxygen atoms in total. The molecule has 0 amide bonds. The second-order valence-electron chi connectivity index (χ2n) is 3.63. The minimum absolute atomic E-state index is 0.531. The number of nitrogens with one attached hydrogen (secondary N) is 2. The van der Waals surface area contributed by atoms with Crippen LogP contribution in [0.5, 0.6) is 0 Å². The number of hydrazine groups is 1. The first kappa shape index (κ1) is 7.86. The van der Waals surface area contributed by atoms with Crippen LogP contribution in [0.25, 0.3) is 0 Å². The fourth-order valence-corrected chi connectivity index (χ4v) is 1.25. The van der Waals surface area contributed by atoms with E-state index in [9.17, 15) is 0 Å². The number of nitrogens with two attached hydrogens (primary N) is 1. The Balaban J connectivity index is 1.79. The van der Waals surface area contributed by atoms with Gasteiger partial charge in [0.05, 0.1) is 6.04 Å². The molecule has 4 heteroatoms. The van der Waals surface area contributed by atoms with Gasteiger partial charge in [0.2, 0.25) is 5.96 Å².